The number of halogens is 2. The largest absolute Gasteiger partial charge is 0.483 e. The van der Waals surface area contributed by atoms with E-state index in [4.69, 9.17) is 16.2 Å². The number of carbonyl (C=O) groups excluding carboxylic acids is 3. The maximum Gasteiger partial charge on any atom is 0.258 e. The zero-order valence-corrected chi connectivity index (χ0v) is 11.6. The van der Waals surface area contributed by atoms with Crippen molar-refractivity contribution in [2.75, 3.05) is 6.61 Å². The van der Waals surface area contributed by atoms with Crippen molar-refractivity contribution in [3.05, 3.63) is 28.5 Å². The molecule has 0 aliphatic rings. The van der Waals surface area contributed by atoms with Crippen molar-refractivity contribution in [1.29, 1.82) is 0 Å². The van der Waals surface area contributed by atoms with Gasteiger partial charge in [-0.05, 0) is 34.1 Å². The second kappa shape index (κ2) is 6.85. The highest BCUT2D eigenvalue weighted by Crippen LogP contribution is 2.25. The lowest BCUT2D eigenvalue weighted by Gasteiger charge is -2.12. The van der Waals surface area contributed by atoms with Crippen molar-refractivity contribution in [1.82, 2.24) is 5.32 Å². The zero-order chi connectivity index (χ0) is 15.3. The molecule has 0 bridgehead atoms. The van der Waals surface area contributed by atoms with Crippen molar-refractivity contribution >= 4 is 33.7 Å². The summed E-state index contributed by atoms with van der Waals surface area (Å²) in [5.41, 5.74) is 9.78. The number of amides is 3. The summed E-state index contributed by atoms with van der Waals surface area (Å²) in [6.07, 6.45) is 0. The number of primary amides is 2. The van der Waals surface area contributed by atoms with E-state index in [1.54, 1.807) is 0 Å². The van der Waals surface area contributed by atoms with Crippen LogP contribution in [0.25, 0.3) is 0 Å². The fourth-order valence-corrected chi connectivity index (χ4v) is 1.69. The summed E-state index contributed by atoms with van der Waals surface area (Å²) in [7, 11) is 0. The Morgan fingerprint density at radius 1 is 1.30 bits per heavy atom. The Labute approximate surface area is 121 Å². The van der Waals surface area contributed by atoms with Crippen LogP contribution in [0.5, 0.6) is 5.75 Å². The Balaban J connectivity index is 2.59. The lowest BCUT2D eigenvalue weighted by molar-refractivity contribution is -0.134. The van der Waals surface area contributed by atoms with Gasteiger partial charge in [-0.3, -0.25) is 14.4 Å². The first-order valence-corrected chi connectivity index (χ1v) is 6.06. The fraction of sp³-hybridized carbons (Fsp3) is 0.182. The topological polar surface area (TPSA) is 125 Å². The van der Waals surface area contributed by atoms with Crippen molar-refractivity contribution in [2.45, 2.75) is 6.04 Å². The van der Waals surface area contributed by atoms with Gasteiger partial charge in [0.05, 0.1) is 4.47 Å². The van der Waals surface area contributed by atoms with Gasteiger partial charge in [-0.2, -0.15) is 0 Å². The number of nitrogens with two attached hydrogens (primary N) is 2. The van der Waals surface area contributed by atoms with Gasteiger partial charge in [0.25, 0.3) is 5.91 Å². The number of ether oxygens (including phenoxy) is 1. The molecule has 0 saturated heterocycles. The Kier molecular flexibility index (Phi) is 5.44. The third-order valence-electron chi connectivity index (χ3n) is 2.13. The molecule has 0 aliphatic heterocycles. The monoisotopic (exact) mass is 347 g/mol. The number of hydrogen-bond acceptors (Lipinski definition) is 4. The predicted molar refractivity (Wildman–Crippen MR) is 69.9 cm³/mol. The van der Waals surface area contributed by atoms with Crippen LogP contribution in [0.3, 0.4) is 0 Å². The highest BCUT2D eigenvalue weighted by Gasteiger charge is 2.23. The van der Waals surface area contributed by atoms with Crippen LogP contribution in [-0.4, -0.2) is 30.4 Å². The van der Waals surface area contributed by atoms with Gasteiger partial charge in [0.2, 0.25) is 11.8 Å². The highest BCUT2D eigenvalue weighted by molar-refractivity contribution is 9.10. The van der Waals surface area contributed by atoms with E-state index in [-0.39, 0.29) is 5.75 Å². The first-order chi connectivity index (χ1) is 9.31. The van der Waals surface area contributed by atoms with Crippen LogP contribution < -0.4 is 21.5 Å². The van der Waals surface area contributed by atoms with Crippen LogP contribution in [0, 0.1) is 5.82 Å². The molecule has 0 unspecified atom stereocenters. The van der Waals surface area contributed by atoms with E-state index in [0.717, 1.165) is 12.1 Å². The molecule has 0 saturated carbocycles. The smallest absolute Gasteiger partial charge is 0.258 e. The molecule has 0 atom stereocenters. The van der Waals surface area contributed by atoms with Crippen molar-refractivity contribution in [2.24, 2.45) is 11.5 Å². The van der Waals surface area contributed by atoms with Crippen LogP contribution in [0.4, 0.5) is 4.39 Å². The van der Waals surface area contributed by atoms with E-state index in [1.165, 1.54) is 6.07 Å². The Bertz CT molecular complexity index is 538. The minimum absolute atomic E-state index is 0.219. The van der Waals surface area contributed by atoms with Crippen molar-refractivity contribution in [3.63, 3.8) is 0 Å². The molecule has 1 aromatic carbocycles. The summed E-state index contributed by atoms with van der Waals surface area (Å²) < 4.78 is 18.2. The highest BCUT2D eigenvalue weighted by atomic mass is 79.9. The predicted octanol–water partition coefficient (Wildman–Crippen LogP) is -0.578. The Morgan fingerprint density at radius 2 is 1.90 bits per heavy atom. The third kappa shape index (κ3) is 4.50. The summed E-state index contributed by atoms with van der Waals surface area (Å²) in [5.74, 6) is -3.18. The molecule has 0 aliphatic carbocycles. The summed E-state index contributed by atoms with van der Waals surface area (Å²) in [4.78, 5) is 33.2. The number of hydrogen-bond donors (Lipinski definition) is 3. The lowest BCUT2D eigenvalue weighted by Crippen LogP contribution is -2.53. The van der Waals surface area contributed by atoms with Crippen molar-refractivity contribution < 1.29 is 23.5 Å². The molecule has 0 aromatic heterocycles. The molecule has 0 fully saturated rings. The lowest BCUT2D eigenvalue weighted by atomic mass is 10.2. The maximum absolute atomic E-state index is 12.8. The molecule has 5 N–H and O–H groups in total. The average molecular weight is 348 g/mol. The van der Waals surface area contributed by atoms with Crippen LogP contribution >= 0.6 is 15.9 Å². The van der Waals surface area contributed by atoms with Gasteiger partial charge < -0.3 is 21.5 Å². The number of benzene rings is 1. The molecule has 1 rings (SSSR count). The number of carbonyl (C=O) groups is 3. The normalized spacial score (nSPS) is 10.2. The third-order valence-corrected chi connectivity index (χ3v) is 2.75. The van der Waals surface area contributed by atoms with E-state index in [2.05, 4.69) is 15.9 Å². The van der Waals surface area contributed by atoms with Gasteiger partial charge in [0.1, 0.15) is 11.6 Å². The van der Waals surface area contributed by atoms with E-state index in [0.29, 0.717) is 4.47 Å². The van der Waals surface area contributed by atoms with Crippen LogP contribution in [0.1, 0.15) is 0 Å². The number of nitrogens with one attached hydrogen (secondary N) is 1. The van der Waals surface area contributed by atoms with E-state index >= 15 is 0 Å². The van der Waals surface area contributed by atoms with Crippen LogP contribution in [0.15, 0.2) is 22.7 Å². The summed E-state index contributed by atoms with van der Waals surface area (Å²) in [5, 5.41) is 2.01. The van der Waals surface area contributed by atoms with Gasteiger partial charge in [0.15, 0.2) is 12.6 Å². The SMILES string of the molecule is NC(=O)C(NC(=O)COc1ccc(F)cc1Br)C(N)=O. The van der Waals surface area contributed by atoms with Crippen LogP contribution in [-0.2, 0) is 14.4 Å². The summed E-state index contributed by atoms with van der Waals surface area (Å²) in [6.45, 7) is -0.499. The van der Waals surface area contributed by atoms with Gasteiger partial charge >= 0.3 is 0 Å². The molecule has 3 amide bonds. The molecule has 20 heavy (non-hydrogen) atoms. The average Bonchev–Trinajstić information content (AvgIpc) is 2.34. The van der Waals surface area contributed by atoms with Gasteiger partial charge in [0, 0.05) is 0 Å². The Morgan fingerprint density at radius 3 is 2.40 bits per heavy atom. The standard InChI is InChI=1S/C11H11BrFN3O4/c12-6-3-5(13)1-2-7(6)20-4-8(17)16-9(10(14)18)11(15)19/h1-3,9H,4H2,(H2,14,18)(H2,15,19)(H,16,17). The zero-order valence-electron chi connectivity index (χ0n) is 10.1. The molecule has 0 heterocycles. The molecule has 1 aromatic rings. The van der Waals surface area contributed by atoms with Crippen molar-refractivity contribution in [3.8, 4) is 5.75 Å². The summed E-state index contributed by atoms with van der Waals surface area (Å²) in [6, 6.07) is 2.01. The fourth-order valence-electron chi connectivity index (χ4n) is 1.22. The van der Waals surface area contributed by atoms with Gasteiger partial charge in [-0.25, -0.2) is 4.39 Å². The summed E-state index contributed by atoms with van der Waals surface area (Å²) >= 11 is 3.05. The number of rotatable bonds is 6. The van der Waals surface area contributed by atoms with E-state index in [1.807, 2.05) is 5.32 Å². The Hall–Kier alpha value is -2.16. The minimum Gasteiger partial charge on any atom is -0.483 e. The van der Waals surface area contributed by atoms with Gasteiger partial charge in [-0.15, -0.1) is 0 Å². The first kappa shape index (κ1) is 15.9. The molecule has 7 nitrogen and oxygen atoms in total. The maximum atomic E-state index is 12.8. The van der Waals surface area contributed by atoms with Gasteiger partial charge in [-0.1, -0.05) is 0 Å². The van der Waals surface area contributed by atoms with E-state index in [9.17, 15) is 18.8 Å². The molecule has 108 valence electrons. The first-order valence-electron chi connectivity index (χ1n) is 5.27. The molecule has 0 spiro atoms. The molecular weight excluding hydrogens is 337 g/mol. The quantitative estimate of drug-likeness (QED) is 0.595. The minimum atomic E-state index is -1.61. The van der Waals surface area contributed by atoms with Crippen LogP contribution in [0.2, 0.25) is 0 Å². The molecular formula is C11H11BrFN3O4. The molecule has 0 radical (unpaired) electrons. The van der Waals surface area contributed by atoms with E-state index < -0.39 is 36.2 Å². The second-order valence-electron chi connectivity index (χ2n) is 3.67. The second-order valence-corrected chi connectivity index (χ2v) is 4.52. The molecule has 9 heteroatoms.